The van der Waals surface area contributed by atoms with Crippen molar-refractivity contribution in [3.05, 3.63) is 4.60 Å². The van der Waals surface area contributed by atoms with Crippen LogP contribution in [-0.4, -0.2) is 50.2 Å². The smallest absolute Gasteiger partial charge is 0.235 e. The van der Waals surface area contributed by atoms with E-state index < -0.39 is 25.6 Å². The molecule has 1 aromatic rings. The van der Waals surface area contributed by atoms with E-state index in [1.807, 2.05) is 0 Å². The van der Waals surface area contributed by atoms with Crippen LogP contribution in [0.1, 0.15) is 13.8 Å². The second-order valence-corrected chi connectivity index (χ2v) is 9.07. The molecule has 0 aliphatic heterocycles. The average molecular weight is 390 g/mol. The molecule has 1 heterocycles. The Morgan fingerprint density at radius 1 is 1.30 bits per heavy atom. The zero-order chi connectivity index (χ0) is 15.8. The van der Waals surface area contributed by atoms with Crippen molar-refractivity contribution in [3.63, 3.8) is 0 Å². The van der Waals surface area contributed by atoms with Crippen LogP contribution in [0.2, 0.25) is 0 Å². The SMILES string of the molecule is Cn1nnc(Br)c1S(=O)(=O)NCC(C)(C)NS(C)(=O)=O. The average Bonchev–Trinajstić information content (AvgIpc) is 2.53. The molecule has 1 aromatic heterocycles. The minimum absolute atomic E-state index is 0.0846. The lowest BCUT2D eigenvalue weighted by Crippen LogP contribution is -2.51. The molecule has 0 bridgehead atoms. The number of nitrogens with zero attached hydrogens (tertiary/aromatic N) is 3. The number of sulfonamides is 2. The molecule has 0 spiro atoms. The third kappa shape index (κ3) is 4.77. The van der Waals surface area contributed by atoms with Crippen LogP contribution in [0.5, 0.6) is 0 Å². The Hall–Kier alpha value is -0.560. The van der Waals surface area contributed by atoms with E-state index in [0.29, 0.717) is 0 Å². The summed E-state index contributed by atoms with van der Waals surface area (Å²) < 4.78 is 52.5. The van der Waals surface area contributed by atoms with Crippen molar-refractivity contribution < 1.29 is 16.8 Å². The maximum Gasteiger partial charge on any atom is 0.260 e. The zero-order valence-electron chi connectivity index (χ0n) is 11.4. The summed E-state index contributed by atoms with van der Waals surface area (Å²) in [6.45, 7) is 3.00. The van der Waals surface area contributed by atoms with Gasteiger partial charge in [0.1, 0.15) is 0 Å². The molecule has 0 unspecified atom stereocenters. The Bertz CT molecular complexity index is 675. The predicted molar refractivity (Wildman–Crippen MR) is 76.0 cm³/mol. The highest BCUT2D eigenvalue weighted by Crippen LogP contribution is 2.17. The standard InChI is InChI=1S/C8H16BrN5O4S2/c1-8(2,12-19(4,15)16)5-10-20(17,18)7-6(9)11-13-14(7)3/h10,12H,5H2,1-4H3. The van der Waals surface area contributed by atoms with Crippen LogP contribution in [0.3, 0.4) is 0 Å². The Labute approximate surface area is 126 Å². The Kier molecular flexibility index (Phi) is 4.96. The number of aryl methyl sites for hydroxylation is 1. The third-order valence-corrected chi connectivity index (χ3v) is 5.37. The maximum atomic E-state index is 12.1. The van der Waals surface area contributed by atoms with Gasteiger partial charge in [0.25, 0.3) is 10.0 Å². The van der Waals surface area contributed by atoms with E-state index in [-0.39, 0.29) is 16.2 Å². The minimum atomic E-state index is -3.86. The molecule has 0 fully saturated rings. The van der Waals surface area contributed by atoms with Crippen LogP contribution in [0.15, 0.2) is 9.63 Å². The van der Waals surface area contributed by atoms with Gasteiger partial charge in [0.05, 0.1) is 6.26 Å². The largest absolute Gasteiger partial charge is 0.260 e. The number of hydrogen-bond acceptors (Lipinski definition) is 6. The van der Waals surface area contributed by atoms with Crippen molar-refractivity contribution >= 4 is 36.0 Å². The van der Waals surface area contributed by atoms with Gasteiger partial charge >= 0.3 is 0 Å². The van der Waals surface area contributed by atoms with E-state index in [1.54, 1.807) is 13.8 Å². The Morgan fingerprint density at radius 2 is 1.85 bits per heavy atom. The van der Waals surface area contributed by atoms with Gasteiger partial charge in [-0.15, -0.1) is 5.10 Å². The van der Waals surface area contributed by atoms with Gasteiger partial charge < -0.3 is 0 Å². The summed E-state index contributed by atoms with van der Waals surface area (Å²) in [6, 6.07) is 0. The number of nitrogens with one attached hydrogen (secondary N) is 2. The summed E-state index contributed by atoms with van der Waals surface area (Å²) in [5, 5.41) is 7.03. The van der Waals surface area contributed by atoms with Gasteiger partial charge in [0, 0.05) is 19.1 Å². The van der Waals surface area contributed by atoms with E-state index in [4.69, 9.17) is 0 Å². The summed E-state index contributed by atoms with van der Waals surface area (Å²) in [5.74, 6) is 0. The van der Waals surface area contributed by atoms with Gasteiger partial charge in [-0.25, -0.2) is 31.0 Å². The van der Waals surface area contributed by atoms with Crippen LogP contribution in [0, 0.1) is 0 Å². The fourth-order valence-electron chi connectivity index (χ4n) is 1.49. The second-order valence-electron chi connectivity index (χ2n) is 4.89. The molecule has 2 N–H and O–H groups in total. The van der Waals surface area contributed by atoms with Gasteiger partial charge in [0.2, 0.25) is 15.0 Å². The van der Waals surface area contributed by atoms with Crippen LogP contribution in [0.25, 0.3) is 0 Å². The molecule has 0 amide bonds. The molecule has 0 saturated heterocycles. The van der Waals surface area contributed by atoms with Crippen LogP contribution < -0.4 is 9.44 Å². The summed E-state index contributed by atoms with van der Waals surface area (Å²) in [5.41, 5.74) is -0.973. The van der Waals surface area contributed by atoms with Gasteiger partial charge in [0.15, 0.2) is 4.60 Å². The van der Waals surface area contributed by atoms with Crippen molar-refractivity contribution in [3.8, 4) is 0 Å². The third-order valence-electron chi connectivity index (χ3n) is 2.16. The first-order valence-corrected chi connectivity index (χ1v) is 9.55. The molecular weight excluding hydrogens is 374 g/mol. The summed E-state index contributed by atoms with van der Waals surface area (Å²) >= 11 is 3.00. The molecule has 12 heteroatoms. The number of aromatic nitrogens is 3. The minimum Gasteiger partial charge on any atom is -0.235 e. The van der Waals surface area contributed by atoms with Crippen molar-refractivity contribution in [2.45, 2.75) is 24.4 Å². The van der Waals surface area contributed by atoms with Crippen LogP contribution >= 0.6 is 15.9 Å². The summed E-state index contributed by atoms with van der Waals surface area (Å²) in [4.78, 5) is 0. The summed E-state index contributed by atoms with van der Waals surface area (Å²) in [6.07, 6.45) is 1.00. The van der Waals surface area contributed by atoms with Crippen molar-refractivity contribution in [1.82, 2.24) is 24.4 Å². The molecule has 0 saturated carbocycles. The van der Waals surface area contributed by atoms with Crippen LogP contribution in [-0.2, 0) is 27.1 Å². The van der Waals surface area contributed by atoms with Gasteiger partial charge in [-0.05, 0) is 29.8 Å². The van der Waals surface area contributed by atoms with E-state index in [1.165, 1.54) is 7.05 Å². The topological polar surface area (TPSA) is 123 Å². The van der Waals surface area contributed by atoms with E-state index in [2.05, 4.69) is 35.7 Å². The van der Waals surface area contributed by atoms with Crippen molar-refractivity contribution in [2.24, 2.45) is 7.05 Å². The number of halogens is 1. The first-order valence-electron chi connectivity index (χ1n) is 5.38. The number of hydrogen-bond donors (Lipinski definition) is 2. The molecule has 1 rings (SSSR count). The van der Waals surface area contributed by atoms with E-state index >= 15 is 0 Å². The van der Waals surface area contributed by atoms with E-state index in [9.17, 15) is 16.8 Å². The maximum absolute atomic E-state index is 12.1. The second kappa shape index (κ2) is 5.67. The normalized spacial score (nSPS) is 13.7. The van der Waals surface area contributed by atoms with Crippen LogP contribution in [0.4, 0.5) is 0 Å². The highest BCUT2D eigenvalue weighted by molar-refractivity contribution is 9.10. The molecule has 0 aliphatic carbocycles. The monoisotopic (exact) mass is 389 g/mol. The molecule has 9 nitrogen and oxygen atoms in total. The molecule has 0 atom stereocenters. The Balaban J connectivity index is 2.89. The highest BCUT2D eigenvalue weighted by atomic mass is 79.9. The Morgan fingerprint density at radius 3 is 2.25 bits per heavy atom. The fraction of sp³-hybridized carbons (Fsp3) is 0.750. The van der Waals surface area contributed by atoms with Gasteiger partial charge in [-0.1, -0.05) is 5.21 Å². The zero-order valence-corrected chi connectivity index (χ0v) is 14.6. The lowest BCUT2D eigenvalue weighted by atomic mass is 10.1. The molecular formula is C8H16BrN5O4S2. The number of rotatable bonds is 6. The highest BCUT2D eigenvalue weighted by Gasteiger charge is 2.28. The lowest BCUT2D eigenvalue weighted by molar-refractivity contribution is 0.444. The first-order chi connectivity index (χ1) is 8.84. The predicted octanol–water partition coefficient (Wildman–Crippen LogP) is -0.816. The van der Waals surface area contributed by atoms with Gasteiger partial charge in [-0.3, -0.25) is 0 Å². The molecule has 0 radical (unpaired) electrons. The molecule has 20 heavy (non-hydrogen) atoms. The first kappa shape index (κ1) is 17.5. The summed E-state index contributed by atoms with van der Waals surface area (Å²) in [7, 11) is -5.87. The fourth-order valence-corrected chi connectivity index (χ4v) is 4.87. The molecule has 0 aliphatic rings. The van der Waals surface area contributed by atoms with Gasteiger partial charge in [-0.2, -0.15) is 0 Å². The van der Waals surface area contributed by atoms with E-state index in [0.717, 1.165) is 10.9 Å². The molecule has 0 aromatic carbocycles. The van der Waals surface area contributed by atoms with Crippen molar-refractivity contribution in [2.75, 3.05) is 12.8 Å². The quantitative estimate of drug-likeness (QED) is 0.655. The molecule has 116 valence electrons. The lowest BCUT2D eigenvalue weighted by Gasteiger charge is -2.25. The van der Waals surface area contributed by atoms with Crippen molar-refractivity contribution in [1.29, 1.82) is 0 Å².